The lowest BCUT2D eigenvalue weighted by molar-refractivity contribution is -0.127. The molecule has 0 bridgehead atoms. The van der Waals surface area contributed by atoms with Gasteiger partial charge in [0, 0.05) is 6.54 Å². The average Bonchev–Trinajstić information content (AvgIpc) is 2.38. The topological polar surface area (TPSA) is 38.3 Å². The van der Waals surface area contributed by atoms with Crippen LogP contribution >= 0.6 is 0 Å². The van der Waals surface area contributed by atoms with Gasteiger partial charge in [0.15, 0.2) is 6.10 Å². The Balaban J connectivity index is 2.71. The van der Waals surface area contributed by atoms with Crippen molar-refractivity contribution in [3.63, 3.8) is 0 Å². The zero-order valence-corrected chi connectivity index (χ0v) is 13.3. The van der Waals surface area contributed by atoms with Gasteiger partial charge in [-0.15, -0.1) is 0 Å². The number of unbranched alkanes of at least 4 members (excludes halogenated alkanes) is 1. The monoisotopic (exact) mass is 277 g/mol. The molecular weight excluding hydrogens is 250 g/mol. The van der Waals surface area contributed by atoms with Crippen LogP contribution in [0.4, 0.5) is 0 Å². The summed E-state index contributed by atoms with van der Waals surface area (Å²) in [5, 5.41) is 2.90. The van der Waals surface area contributed by atoms with E-state index in [1.165, 1.54) is 0 Å². The van der Waals surface area contributed by atoms with Gasteiger partial charge in [-0.3, -0.25) is 4.79 Å². The summed E-state index contributed by atoms with van der Waals surface area (Å²) >= 11 is 0. The van der Waals surface area contributed by atoms with Gasteiger partial charge in [0.25, 0.3) is 5.91 Å². The summed E-state index contributed by atoms with van der Waals surface area (Å²) in [6.07, 6.45) is 1.61. The third-order valence-electron chi connectivity index (χ3n) is 3.29. The van der Waals surface area contributed by atoms with Gasteiger partial charge in [0.1, 0.15) is 5.75 Å². The molecule has 0 spiro atoms. The molecule has 1 rings (SSSR count). The molecule has 0 heterocycles. The van der Waals surface area contributed by atoms with Crippen molar-refractivity contribution in [2.45, 2.75) is 59.5 Å². The Hall–Kier alpha value is -1.51. The highest BCUT2D eigenvalue weighted by Crippen LogP contribution is 2.28. The van der Waals surface area contributed by atoms with Gasteiger partial charge < -0.3 is 10.1 Å². The van der Waals surface area contributed by atoms with Crippen LogP contribution in [0.3, 0.4) is 0 Å². The lowest BCUT2D eigenvalue weighted by Gasteiger charge is -2.19. The molecule has 0 aliphatic carbocycles. The van der Waals surface area contributed by atoms with E-state index in [1.807, 2.05) is 13.0 Å². The third kappa shape index (κ3) is 4.87. The molecule has 0 aromatic heterocycles. The summed E-state index contributed by atoms with van der Waals surface area (Å²) in [4.78, 5) is 12.0. The summed E-state index contributed by atoms with van der Waals surface area (Å²) < 4.78 is 5.87. The van der Waals surface area contributed by atoms with Gasteiger partial charge in [-0.2, -0.15) is 0 Å². The summed E-state index contributed by atoms with van der Waals surface area (Å²) in [5.41, 5.74) is 2.28. The second-order valence-corrected chi connectivity index (χ2v) is 5.60. The molecule has 20 heavy (non-hydrogen) atoms. The fourth-order valence-electron chi connectivity index (χ4n) is 2.00. The summed E-state index contributed by atoms with van der Waals surface area (Å²) in [7, 11) is 0. The van der Waals surface area contributed by atoms with Crippen molar-refractivity contribution in [3.8, 4) is 5.75 Å². The highest BCUT2D eigenvalue weighted by molar-refractivity contribution is 5.80. The van der Waals surface area contributed by atoms with Crippen molar-refractivity contribution < 1.29 is 9.53 Å². The quantitative estimate of drug-likeness (QED) is 0.770. The number of hydrogen-bond donors (Lipinski definition) is 1. The summed E-state index contributed by atoms with van der Waals surface area (Å²) in [6.45, 7) is 10.9. The Kier molecular flexibility index (Phi) is 6.56. The predicted octanol–water partition coefficient (Wildman–Crippen LogP) is 3.80. The summed E-state index contributed by atoms with van der Waals surface area (Å²) in [6, 6.07) is 6.16. The first-order valence-electron chi connectivity index (χ1n) is 7.50. The minimum atomic E-state index is -0.467. The standard InChI is InChI=1S/C17H27NO2/c1-6-7-10-18-17(19)14(5)20-16-11-13(4)8-9-15(16)12(2)3/h8-9,11-12,14H,6-7,10H2,1-5H3,(H,18,19). The molecule has 112 valence electrons. The number of hydrogen-bond acceptors (Lipinski definition) is 2. The van der Waals surface area contributed by atoms with Crippen LogP contribution in [-0.2, 0) is 4.79 Å². The maximum Gasteiger partial charge on any atom is 0.260 e. The molecule has 1 aromatic rings. The first kappa shape index (κ1) is 16.5. The van der Waals surface area contributed by atoms with Crippen LogP contribution in [0.15, 0.2) is 18.2 Å². The Morgan fingerprint density at radius 3 is 2.60 bits per heavy atom. The van der Waals surface area contributed by atoms with Gasteiger partial charge in [0.05, 0.1) is 0 Å². The molecule has 1 aromatic carbocycles. The Labute approximate surface area is 122 Å². The number of rotatable bonds is 7. The van der Waals surface area contributed by atoms with Crippen LogP contribution in [0.5, 0.6) is 5.75 Å². The minimum Gasteiger partial charge on any atom is -0.481 e. The van der Waals surface area contributed by atoms with Gasteiger partial charge in [-0.1, -0.05) is 39.3 Å². The van der Waals surface area contributed by atoms with Crippen molar-refractivity contribution in [1.82, 2.24) is 5.32 Å². The zero-order chi connectivity index (χ0) is 15.1. The van der Waals surface area contributed by atoms with E-state index in [1.54, 1.807) is 6.92 Å². The lowest BCUT2D eigenvalue weighted by atomic mass is 10.0. The number of ether oxygens (including phenoxy) is 1. The fraction of sp³-hybridized carbons (Fsp3) is 0.588. The molecule has 1 atom stereocenters. The fourth-order valence-corrected chi connectivity index (χ4v) is 2.00. The number of aryl methyl sites for hydroxylation is 1. The lowest BCUT2D eigenvalue weighted by Crippen LogP contribution is -2.37. The van der Waals surface area contributed by atoms with Crippen molar-refractivity contribution >= 4 is 5.91 Å². The second-order valence-electron chi connectivity index (χ2n) is 5.60. The molecule has 1 amide bonds. The molecule has 3 heteroatoms. The second kappa shape index (κ2) is 7.93. The van der Waals surface area contributed by atoms with Crippen molar-refractivity contribution in [2.75, 3.05) is 6.54 Å². The van der Waals surface area contributed by atoms with E-state index < -0.39 is 6.10 Å². The van der Waals surface area contributed by atoms with E-state index in [-0.39, 0.29) is 5.91 Å². The molecule has 0 aliphatic heterocycles. The van der Waals surface area contributed by atoms with Gasteiger partial charge >= 0.3 is 0 Å². The van der Waals surface area contributed by atoms with Gasteiger partial charge in [-0.05, 0) is 43.4 Å². The maximum absolute atomic E-state index is 12.0. The zero-order valence-electron chi connectivity index (χ0n) is 13.3. The van der Waals surface area contributed by atoms with Crippen LogP contribution < -0.4 is 10.1 Å². The van der Waals surface area contributed by atoms with E-state index in [4.69, 9.17) is 4.74 Å². The highest BCUT2D eigenvalue weighted by Gasteiger charge is 2.17. The Morgan fingerprint density at radius 1 is 1.30 bits per heavy atom. The number of carbonyl (C=O) groups is 1. The maximum atomic E-state index is 12.0. The molecule has 1 N–H and O–H groups in total. The van der Waals surface area contributed by atoms with E-state index in [9.17, 15) is 4.79 Å². The first-order chi connectivity index (χ1) is 9.45. The molecule has 1 unspecified atom stereocenters. The minimum absolute atomic E-state index is 0.0466. The molecule has 0 saturated carbocycles. The molecule has 0 aliphatic rings. The number of nitrogens with one attached hydrogen (secondary N) is 1. The van der Waals surface area contributed by atoms with Gasteiger partial charge in [-0.25, -0.2) is 0 Å². The molecule has 0 radical (unpaired) electrons. The number of carbonyl (C=O) groups excluding carboxylic acids is 1. The normalized spacial score (nSPS) is 12.3. The van der Waals surface area contributed by atoms with Crippen LogP contribution in [-0.4, -0.2) is 18.6 Å². The van der Waals surface area contributed by atoms with Gasteiger partial charge in [0.2, 0.25) is 0 Å². The highest BCUT2D eigenvalue weighted by atomic mass is 16.5. The van der Waals surface area contributed by atoms with E-state index >= 15 is 0 Å². The largest absolute Gasteiger partial charge is 0.481 e. The summed E-state index contributed by atoms with van der Waals surface area (Å²) in [5.74, 6) is 1.15. The average molecular weight is 277 g/mol. The van der Waals surface area contributed by atoms with Crippen LogP contribution in [0.1, 0.15) is 57.6 Å². The Morgan fingerprint density at radius 2 is 2.00 bits per heavy atom. The SMILES string of the molecule is CCCCNC(=O)C(C)Oc1cc(C)ccc1C(C)C. The predicted molar refractivity (Wildman–Crippen MR) is 83.3 cm³/mol. The van der Waals surface area contributed by atoms with Crippen molar-refractivity contribution in [3.05, 3.63) is 29.3 Å². The molecule has 0 fully saturated rings. The van der Waals surface area contributed by atoms with Crippen LogP contribution in [0, 0.1) is 6.92 Å². The van der Waals surface area contributed by atoms with E-state index in [2.05, 4.69) is 38.2 Å². The molecular formula is C17H27NO2. The van der Waals surface area contributed by atoms with E-state index in [0.717, 1.165) is 29.7 Å². The third-order valence-corrected chi connectivity index (χ3v) is 3.29. The number of amides is 1. The van der Waals surface area contributed by atoms with Crippen molar-refractivity contribution in [2.24, 2.45) is 0 Å². The Bertz CT molecular complexity index is 441. The smallest absolute Gasteiger partial charge is 0.260 e. The van der Waals surface area contributed by atoms with E-state index in [0.29, 0.717) is 12.5 Å². The molecule has 0 saturated heterocycles. The van der Waals surface area contributed by atoms with Crippen LogP contribution in [0.25, 0.3) is 0 Å². The van der Waals surface area contributed by atoms with Crippen LogP contribution in [0.2, 0.25) is 0 Å². The van der Waals surface area contributed by atoms with Crippen molar-refractivity contribution in [1.29, 1.82) is 0 Å². The number of benzene rings is 1. The first-order valence-corrected chi connectivity index (χ1v) is 7.50. The molecule has 3 nitrogen and oxygen atoms in total.